The normalized spacial score (nSPS) is 16.1. The van der Waals surface area contributed by atoms with Crippen LogP contribution >= 0.6 is 0 Å². The molecule has 0 saturated carbocycles. The molecule has 1 aromatic rings. The number of anilines is 1. The Morgan fingerprint density at radius 2 is 2.24 bits per heavy atom. The van der Waals surface area contributed by atoms with Crippen LogP contribution in [0.5, 0.6) is 5.75 Å². The van der Waals surface area contributed by atoms with Gasteiger partial charge in [-0.15, -0.1) is 0 Å². The first-order chi connectivity index (χ1) is 8.11. The van der Waals surface area contributed by atoms with Crippen LogP contribution in [0.2, 0.25) is 0 Å². The molecular formula is C12H17N3O2. The van der Waals surface area contributed by atoms with Gasteiger partial charge in [-0.2, -0.15) is 0 Å². The van der Waals surface area contributed by atoms with Gasteiger partial charge in [0.1, 0.15) is 5.75 Å². The fourth-order valence-electron chi connectivity index (χ4n) is 1.99. The van der Waals surface area contributed by atoms with E-state index in [1.165, 1.54) is 0 Å². The number of ether oxygens (including phenoxy) is 1. The van der Waals surface area contributed by atoms with E-state index in [9.17, 15) is 4.79 Å². The van der Waals surface area contributed by atoms with E-state index in [2.05, 4.69) is 15.5 Å². The van der Waals surface area contributed by atoms with Crippen molar-refractivity contribution in [1.29, 1.82) is 0 Å². The second kappa shape index (κ2) is 4.73. The Hall–Kier alpha value is -1.59. The summed E-state index contributed by atoms with van der Waals surface area (Å²) < 4.78 is 5.32. The Bertz CT molecular complexity index is 432. The topological polar surface area (TPSA) is 53.6 Å². The number of nitrogens with one attached hydrogen (secondary N) is 2. The van der Waals surface area contributed by atoms with Gasteiger partial charge in [0.25, 0.3) is 5.91 Å². The fraction of sp³-hybridized carbons (Fsp3) is 0.417. The highest BCUT2D eigenvalue weighted by Crippen LogP contribution is 2.30. The molecule has 0 fully saturated rings. The Morgan fingerprint density at radius 1 is 1.47 bits per heavy atom. The minimum Gasteiger partial charge on any atom is -0.482 e. The lowest BCUT2D eigenvalue weighted by molar-refractivity contribution is -0.118. The van der Waals surface area contributed by atoms with Crippen molar-refractivity contribution < 1.29 is 9.53 Å². The highest BCUT2D eigenvalue weighted by atomic mass is 16.5. The van der Waals surface area contributed by atoms with Gasteiger partial charge in [0.05, 0.1) is 11.9 Å². The molecule has 17 heavy (non-hydrogen) atoms. The Labute approximate surface area is 101 Å². The van der Waals surface area contributed by atoms with E-state index in [4.69, 9.17) is 4.74 Å². The maximum absolute atomic E-state index is 11.2. The van der Waals surface area contributed by atoms with E-state index in [0.717, 1.165) is 17.0 Å². The molecule has 1 aromatic carbocycles. The summed E-state index contributed by atoms with van der Waals surface area (Å²) in [6.45, 7) is 0.0927. The third-order valence-corrected chi connectivity index (χ3v) is 2.74. The summed E-state index contributed by atoms with van der Waals surface area (Å²) in [5.41, 5.74) is 1.82. The number of amides is 1. The summed E-state index contributed by atoms with van der Waals surface area (Å²) in [6.07, 6.45) is 0.110. The summed E-state index contributed by atoms with van der Waals surface area (Å²) in [6, 6.07) is 5.82. The molecule has 0 bridgehead atoms. The van der Waals surface area contributed by atoms with Crippen molar-refractivity contribution in [3.63, 3.8) is 0 Å². The molecule has 5 nitrogen and oxygen atoms in total. The van der Waals surface area contributed by atoms with Crippen molar-refractivity contribution >= 4 is 11.6 Å². The summed E-state index contributed by atoms with van der Waals surface area (Å²) in [4.78, 5) is 13.3. The van der Waals surface area contributed by atoms with E-state index in [1.807, 2.05) is 39.3 Å². The molecule has 2 N–H and O–H groups in total. The molecule has 1 unspecified atom stereocenters. The van der Waals surface area contributed by atoms with Crippen molar-refractivity contribution in [3.05, 3.63) is 23.8 Å². The molecule has 0 aromatic heterocycles. The van der Waals surface area contributed by atoms with Crippen molar-refractivity contribution in [2.24, 2.45) is 0 Å². The van der Waals surface area contributed by atoms with Crippen LogP contribution in [0.15, 0.2) is 18.2 Å². The SMILES string of the molecule is CNC(c1ccc2c(c1)NC(=O)CO2)N(C)C. The first-order valence-electron chi connectivity index (χ1n) is 5.52. The molecular weight excluding hydrogens is 218 g/mol. The van der Waals surface area contributed by atoms with Crippen LogP contribution in [-0.4, -0.2) is 38.6 Å². The van der Waals surface area contributed by atoms with Gasteiger partial charge in [0.2, 0.25) is 0 Å². The van der Waals surface area contributed by atoms with Gasteiger partial charge in [-0.3, -0.25) is 9.69 Å². The molecule has 0 spiro atoms. The van der Waals surface area contributed by atoms with Crippen molar-refractivity contribution in [1.82, 2.24) is 10.2 Å². The average Bonchev–Trinajstić information content (AvgIpc) is 2.29. The van der Waals surface area contributed by atoms with Gasteiger partial charge in [0, 0.05) is 0 Å². The average molecular weight is 235 g/mol. The lowest BCUT2D eigenvalue weighted by Crippen LogP contribution is -2.31. The highest BCUT2D eigenvalue weighted by molar-refractivity contribution is 5.95. The van der Waals surface area contributed by atoms with Gasteiger partial charge < -0.3 is 15.4 Å². The van der Waals surface area contributed by atoms with Crippen molar-refractivity contribution in [3.8, 4) is 5.75 Å². The van der Waals surface area contributed by atoms with E-state index in [1.54, 1.807) is 0 Å². The van der Waals surface area contributed by atoms with Gasteiger partial charge in [-0.1, -0.05) is 6.07 Å². The molecule has 0 aliphatic carbocycles. The molecule has 1 aliphatic rings. The zero-order valence-corrected chi connectivity index (χ0v) is 10.3. The van der Waals surface area contributed by atoms with E-state index in [0.29, 0.717) is 0 Å². The van der Waals surface area contributed by atoms with Crippen molar-refractivity contribution in [2.45, 2.75) is 6.17 Å². The molecule has 1 atom stereocenters. The monoisotopic (exact) mass is 235 g/mol. The lowest BCUT2D eigenvalue weighted by atomic mass is 10.1. The maximum atomic E-state index is 11.2. The van der Waals surface area contributed by atoms with Crippen LogP contribution in [0.4, 0.5) is 5.69 Å². The van der Waals surface area contributed by atoms with Gasteiger partial charge in [-0.05, 0) is 38.8 Å². The third-order valence-electron chi connectivity index (χ3n) is 2.74. The van der Waals surface area contributed by atoms with Crippen LogP contribution in [0, 0.1) is 0 Å². The number of hydrogen-bond acceptors (Lipinski definition) is 4. The van der Waals surface area contributed by atoms with E-state index >= 15 is 0 Å². The van der Waals surface area contributed by atoms with Crippen LogP contribution in [0.25, 0.3) is 0 Å². The van der Waals surface area contributed by atoms with Crippen LogP contribution < -0.4 is 15.4 Å². The van der Waals surface area contributed by atoms with E-state index in [-0.39, 0.29) is 18.7 Å². The predicted molar refractivity (Wildman–Crippen MR) is 66.1 cm³/mol. The fourth-order valence-corrected chi connectivity index (χ4v) is 1.99. The minimum atomic E-state index is -0.111. The molecule has 0 radical (unpaired) electrons. The van der Waals surface area contributed by atoms with Crippen LogP contribution in [0.3, 0.4) is 0 Å². The molecule has 1 aliphatic heterocycles. The Kier molecular flexibility index (Phi) is 3.31. The minimum absolute atomic E-state index is 0.0927. The third kappa shape index (κ3) is 2.40. The highest BCUT2D eigenvalue weighted by Gasteiger charge is 2.19. The number of fused-ring (bicyclic) bond motifs is 1. The molecule has 1 amide bonds. The van der Waals surface area contributed by atoms with Gasteiger partial charge in [-0.25, -0.2) is 0 Å². The second-order valence-corrected chi connectivity index (χ2v) is 4.25. The standard InChI is InChI=1S/C12H17N3O2/c1-13-12(15(2)3)8-4-5-10-9(6-8)14-11(16)7-17-10/h4-6,12-13H,7H2,1-3H3,(H,14,16). The predicted octanol–water partition coefficient (Wildman–Crippen LogP) is 0.797. The number of carbonyl (C=O) groups is 1. The number of nitrogens with zero attached hydrogens (tertiary/aromatic N) is 1. The van der Waals surface area contributed by atoms with Gasteiger partial charge in [0.15, 0.2) is 6.61 Å². The smallest absolute Gasteiger partial charge is 0.262 e. The molecule has 5 heteroatoms. The number of carbonyl (C=O) groups excluding carboxylic acids is 1. The lowest BCUT2D eigenvalue weighted by Gasteiger charge is -2.26. The maximum Gasteiger partial charge on any atom is 0.262 e. The molecule has 1 heterocycles. The first-order valence-corrected chi connectivity index (χ1v) is 5.52. The molecule has 0 saturated heterocycles. The molecule has 92 valence electrons. The van der Waals surface area contributed by atoms with Gasteiger partial charge >= 0.3 is 0 Å². The summed E-state index contributed by atoms with van der Waals surface area (Å²) in [5, 5.41) is 6.02. The first kappa shape index (κ1) is 11.9. The zero-order valence-electron chi connectivity index (χ0n) is 10.3. The summed E-state index contributed by atoms with van der Waals surface area (Å²) in [5.74, 6) is 0.613. The summed E-state index contributed by atoms with van der Waals surface area (Å²) in [7, 11) is 5.89. The Morgan fingerprint density at radius 3 is 2.88 bits per heavy atom. The van der Waals surface area contributed by atoms with Crippen LogP contribution in [-0.2, 0) is 4.79 Å². The largest absolute Gasteiger partial charge is 0.482 e. The van der Waals surface area contributed by atoms with Crippen molar-refractivity contribution in [2.75, 3.05) is 33.1 Å². The number of hydrogen-bond donors (Lipinski definition) is 2. The second-order valence-electron chi connectivity index (χ2n) is 4.25. The van der Waals surface area contributed by atoms with Crippen LogP contribution in [0.1, 0.15) is 11.7 Å². The summed E-state index contributed by atoms with van der Waals surface area (Å²) >= 11 is 0. The number of benzene rings is 1. The van der Waals surface area contributed by atoms with E-state index < -0.39 is 0 Å². The zero-order chi connectivity index (χ0) is 12.4. The quantitative estimate of drug-likeness (QED) is 0.761. The number of rotatable bonds is 3. The Balaban J connectivity index is 2.32. The molecule has 2 rings (SSSR count).